The average molecular weight is 472 g/mol. The van der Waals surface area contributed by atoms with Crippen LogP contribution in [-0.4, -0.2) is 56.1 Å². The van der Waals surface area contributed by atoms with Crippen LogP contribution in [0.4, 0.5) is 5.69 Å². The van der Waals surface area contributed by atoms with Gasteiger partial charge in [-0.25, -0.2) is 0 Å². The number of hydrogen-bond acceptors (Lipinski definition) is 6. The molecule has 9 heteroatoms. The molecule has 176 valence electrons. The van der Waals surface area contributed by atoms with E-state index in [0.717, 1.165) is 17.7 Å². The highest BCUT2D eigenvalue weighted by atomic mass is 32.1. The third-order valence-corrected chi connectivity index (χ3v) is 6.55. The van der Waals surface area contributed by atoms with Crippen LogP contribution >= 0.6 is 12.2 Å². The van der Waals surface area contributed by atoms with E-state index in [4.69, 9.17) is 31.2 Å². The van der Waals surface area contributed by atoms with E-state index in [9.17, 15) is 4.79 Å². The van der Waals surface area contributed by atoms with Crippen LogP contribution in [0.15, 0.2) is 42.5 Å². The second kappa shape index (κ2) is 9.44. The van der Waals surface area contributed by atoms with Crippen LogP contribution in [0.1, 0.15) is 24.9 Å². The zero-order valence-electron chi connectivity index (χ0n) is 19.2. The number of fused-ring (bicyclic) bond motifs is 4. The number of nitrogens with one attached hydrogen (secondary N) is 2. The smallest absolute Gasteiger partial charge is 0.236 e. The van der Waals surface area contributed by atoms with Gasteiger partial charge in [-0.1, -0.05) is 12.1 Å². The van der Waals surface area contributed by atoms with Crippen molar-refractivity contribution in [3.63, 3.8) is 0 Å². The summed E-state index contributed by atoms with van der Waals surface area (Å²) in [7, 11) is 4.87. The molecular weight excluding hydrogens is 442 g/mol. The summed E-state index contributed by atoms with van der Waals surface area (Å²) in [5.41, 5.74) is 0.479. The van der Waals surface area contributed by atoms with Gasteiger partial charge in [0, 0.05) is 31.5 Å². The van der Waals surface area contributed by atoms with Crippen LogP contribution in [0.3, 0.4) is 0 Å². The van der Waals surface area contributed by atoms with Crippen molar-refractivity contribution < 1.29 is 23.7 Å². The first-order valence-electron chi connectivity index (χ1n) is 10.8. The maximum atomic E-state index is 13.7. The number of methoxy groups -OCH3 is 3. The van der Waals surface area contributed by atoms with Gasteiger partial charge in [0.15, 0.2) is 22.3 Å². The molecule has 3 atom stereocenters. The molecule has 2 aliphatic heterocycles. The minimum absolute atomic E-state index is 0.173. The maximum absolute atomic E-state index is 13.7. The van der Waals surface area contributed by atoms with E-state index >= 15 is 0 Å². The number of para-hydroxylation sites is 1. The highest BCUT2D eigenvalue weighted by Gasteiger charge is 2.58. The van der Waals surface area contributed by atoms with E-state index in [1.54, 1.807) is 33.5 Å². The molecule has 1 saturated heterocycles. The lowest BCUT2D eigenvalue weighted by Gasteiger charge is -2.56. The van der Waals surface area contributed by atoms with Crippen LogP contribution in [0.25, 0.3) is 0 Å². The van der Waals surface area contributed by atoms with Gasteiger partial charge in [-0.3, -0.25) is 4.79 Å². The molecule has 2 aromatic carbocycles. The quantitative estimate of drug-likeness (QED) is 0.448. The Morgan fingerprint density at radius 2 is 1.94 bits per heavy atom. The Morgan fingerprint density at radius 1 is 1.18 bits per heavy atom. The largest absolute Gasteiger partial charge is 0.497 e. The van der Waals surface area contributed by atoms with Crippen molar-refractivity contribution >= 4 is 28.9 Å². The molecule has 2 bridgehead atoms. The Hall–Kier alpha value is -3.04. The zero-order chi connectivity index (χ0) is 23.6. The lowest BCUT2D eigenvalue weighted by Crippen LogP contribution is -2.71. The third-order valence-electron chi connectivity index (χ3n) is 6.21. The molecule has 2 heterocycles. The predicted molar refractivity (Wildman–Crippen MR) is 129 cm³/mol. The van der Waals surface area contributed by atoms with Gasteiger partial charge in [-0.2, -0.15) is 0 Å². The molecule has 1 fully saturated rings. The highest BCUT2D eigenvalue weighted by molar-refractivity contribution is 7.80. The minimum atomic E-state index is -1.03. The Kier molecular flexibility index (Phi) is 6.62. The van der Waals surface area contributed by atoms with E-state index in [0.29, 0.717) is 35.5 Å². The Morgan fingerprint density at radius 3 is 2.61 bits per heavy atom. The van der Waals surface area contributed by atoms with Crippen LogP contribution in [0.5, 0.6) is 17.2 Å². The van der Waals surface area contributed by atoms with Gasteiger partial charge in [0.25, 0.3) is 0 Å². The number of anilines is 1. The molecule has 2 aliphatic rings. The van der Waals surface area contributed by atoms with Crippen LogP contribution in [0, 0.1) is 5.92 Å². The predicted octanol–water partition coefficient (Wildman–Crippen LogP) is 3.34. The minimum Gasteiger partial charge on any atom is -0.497 e. The van der Waals surface area contributed by atoms with Gasteiger partial charge in [0.1, 0.15) is 11.7 Å². The van der Waals surface area contributed by atoms with Gasteiger partial charge in [-0.05, 0) is 55.9 Å². The maximum Gasteiger partial charge on any atom is 0.236 e. The van der Waals surface area contributed by atoms with Crippen LogP contribution in [-0.2, 0) is 9.53 Å². The SMILES string of the molecule is COCCCN1C(=S)N[C@H]2c3cccc(OC)c3O[C@@]1(C)[C@H]2C(=O)Nc1ccc(OC)cc1. The standard InChI is InChI=1S/C24H29N3O5S/c1-24-19(22(28)25-15-9-11-16(30-3)12-10-15)20(26-23(33)27(24)13-6-14-29-2)17-7-5-8-18(31-4)21(17)32-24/h5,7-12,19-20H,6,13-14H2,1-4H3,(H,25,28)(H,26,33)/t19-,20+,24+/m1/s1. The van der Waals surface area contributed by atoms with Crippen molar-refractivity contribution in [3.05, 3.63) is 48.0 Å². The number of ether oxygens (including phenoxy) is 4. The molecule has 0 aliphatic carbocycles. The molecule has 4 rings (SSSR count). The average Bonchev–Trinajstić information content (AvgIpc) is 2.81. The normalized spacial score (nSPS) is 23.2. The van der Waals surface area contributed by atoms with Gasteiger partial charge in [-0.15, -0.1) is 0 Å². The fourth-order valence-corrected chi connectivity index (χ4v) is 4.98. The van der Waals surface area contributed by atoms with Crippen molar-refractivity contribution in [1.82, 2.24) is 10.2 Å². The summed E-state index contributed by atoms with van der Waals surface area (Å²) in [5.74, 6) is 1.19. The lowest BCUT2D eigenvalue weighted by atomic mass is 9.78. The number of carbonyl (C=O) groups is 1. The van der Waals surface area contributed by atoms with E-state index in [-0.39, 0.29) is 11.9 Å². The fourth-order valence-electron chi connectivity index (χ4n) is 4.58. The molecule has 1 amide bonds. The summed E-state index contributed by atoms with van der Waals surface area (Å²) < 4.78 is 22.6. The summed E-state index contributed by atoms with van der Waals surface area (Å²) in [4.78, 5) is 15.6. The summed E-state index contributed by atoms with van der Waals surface area (Å²) >= 11 is 5.71. The second-order valence-corrected chi connectivity index (χ2v) is 8.54. The summed E-state index contributed by atoms with van der Waals surface area (Å²) in [6, 6.07) is 12.5. The molecular formula is C24H29N3O5S. The Labute approximate surface area is 199 Å². The molecule has 8 nitrogen and oxygen atoms in total. The summed E-state index contributed by atoms with van der Waals surface area (Å²) in [6.45, 7) is 3.05. The van der Waals surface area contributed by atoms with Crippen molar-refractivity contribution in [3.8, 4) is 17.2 Å². The molecule has 0 spiro atoms. The first-order chi connectivity index (χ1) is 15.9. The number of thiocarbonyl (C=S) groups is 1. The number of hydrogen-bond donors (Lipinski definition) is 2. The van der Waals surface area contributed by atoms with Crippen molar-refractivity contribution in [2.24, 2.45) is 5.92 Å². The zero-order valence-corrected chi connectivity index (χ0v) is 20.0. The number of nitrogens with zero attached hydrogens (tertiary/aromatic N) is 1. The molecule has 2 N–H and O–H groups in total. The number of rotatable bonds is 8. The van der Waals surface area contributed by atoms with Gasteiger partial charge in [0.2, 0.25) is 5.91 Å². The molecule has 0 unspecified atom stereocenters. The highest BCUT2D eigenvalue weighted by Crippen LogP contribution is 2.51. The van der Waals surface area contributed by atoms with Gasteiger partial charge >= 0.3 is 0 Å². The molecule has 0 radical (unpaired) electrons. The topological polar surface area (TPSA) is 81.3 Å². The summed E-state index contributed by atoms with van der Waals surface area (Å²) in [5, 5.41) is 6.97. The van der Waals surface area contributed by atoms with Crippen molar-refractivity contribution in [1.29, 1.82) is 0 Å². The molecule has 0 saturated carbocycles. The number of carbonyl (C=O) groups excluding carboxylic acids is 1. The fraction of sp³-hybridized carbons (Fsp3) is 0.417. The van der Waals surface area contributed by atoms with Gasteiger partial charge < -0.3 is 34.5 Å². The number of amides is 1. The lowest BCUT2D eigenvalue weighted by molar-refractivity contribution is -0.149. The van der Waals surface area contributed by atoms with E-state index < -0.39 is 11.6 Å². The van der Waals surface area contributed by atoms with E-state index in [2.05, 4.69) is 10.6 Å². The third kappa shape index (κ3) is 4.18. The van der Waals surface area contributed by atoms with Crippen molar-refractivity contribution in [2.45, 2.75) is 25.1 Å². The second-order valence-electron chi connectivity index (χ2n) is 8.16. The van der Waals surface area contributed by atoms with Gasteiger partial charge in [0.05, 0.1) is 20.3 Å². The van der Waals surface area contributed by atoms with E-state index in [1.807, 2.05) is 42.2 Å². The first-order valence-corrected chi connectivity index (χ1v) is 11.2. The Bertz CT molecular complexity index is 1030. The monoisotopic (exact) mass is 471 g/mol. The van der Waals surface area contributed by atoms with E-state index in [1.165, 1.54) is 0 Å². The molecule has 2 aromatic rings. The van der Waals surface area contributed by atoms with Crippen LogP contribution in [0.2, 0.25) is 0 Å². The molecule has 0 aromatic heterocycles. The molecule has 33 heavy (non-hydrogen) atoms. The number of benzene rings is 2. The van der Waals surface area contributed by atoms with Crippen molar-refractivity contribution in [2.75, 3.05) is 39.8 Å². The first kappa shape index (κ1) is 23.1. The Balaban J connectivity index is 1.73. The van der Waals surface area contributed by atoms with Crippen LogP contribution < -0.4 is 24.8 Å². The summed E-state index contributed by atoms with van der Waals surface area (Å²) in [6.07, 6.45) is 0.730.